The lowest BCUT2D eigenvalue weighted by molar-refractivity contribution is 0.0926. The lowest BCUT2D eigenvalue weighted by atomic mass is 10.1. The summed E-state index contributed by atoms with van der Waals surface area (Å²) < 4.78 is 0. The summed E-state index contributed by atoms with van der Waals surface area (Å²) in [5, 5.41) is 3.00. The van der Waals surface area contributed by atoms with Gasteiger partial charge in [0.05, 0.1) is 5.56 Å². The molecule has 1 unspecified atom stereocenters. The van der Waals surface area contributed by atoms with Gasteiger partial charge < -0.3 is 21.7 Å². The van der Waals surface area contributed by atoms with E-state index in [1.54, 1.807) is 18.2 Å². The molecule has 1 saturated heterocycles. The smallest absolute Gasteiger partial charge is 0.253 e. The quantitative estimate of drug-likeness (QED) is 0.727. The fourth-order valence-electron chi connectivity index (χ4n) is 2.66. The molecule has 110 valence electrons. The van der Waals surface area contributed by atoms with Gasteiger partial charge in [0.25, 0.3) is 5.91 Å². The number of amides is 1. The number of anilines is 2. The number of benzene rings is 1. The number of nitrogens with two attached hydrogens (primary N) is 2. The molecule has 1 aliphatic rings. The molecule has 1 aliphatic heterocycles. The zero-order valence-corrected chi connectivity index (χ0v) is 12.1. The molecule has 0 aromatic heterocycles. The van der Waals surface area contributed by atoms with Gasteiger partial charge in [-0.1, -0.05) is 6.42 Å². The van der Waals surface area contributed by atoms with E-state index in [1.807, 2.05) is 6.92 Å². The molecule has 0 aliphatic carbocycles. The van der Waals surface area contributed by atoms with Crippen LogP contribution in [0.1, 0.15) is 36.5 Å². The number of nitrogen functional groups attached to an aromatic ring is 2. The molecule has 1 fully saturated rings. The summed E-state index contributed by atoms with van der Waals surface area (Å²) in [7, 11) is 0. The van der Waals surface area contributed by atoms with Crippen LogP contribution < -0.4 is 16.8 Å². The van der Waals surface area contributed by atoms with E-state index in [1.165, 1.54) is 19.3 Å². The fourth-order valence-corrected chi connectivity index (χ4v) is 2.66. The minimum absolute atomic E-state index is 0.109. The monoisotopic (exact) mass is 276 g/mol. The Morgan fingerprint density at radius 2 is 2.00 bits per heavy atom. The standard InChI is InChI=1S/C15H24N4O/c1-11(10-19-7-3-2-4-8-19)18-15(20)13-6-5-12(16)9-14(13)17/h5-6,9,11H,2-4,7-8,10,16-17H2,1H3,(H,18,20). The highest BCUT2D eigenvalue weighted by Crippen LogP contribution is 2.16. The first kappa shape index (κ1) is 14.7. The van der Waals surface area contributed by atoms with Crippen molar-refractivity contribution >= 4 is 17.3 Å². The third kappa shape index (κ3) is 3.87. The van der Waals surface area contributed by atoms with Crippen LogP contribution in [-0.2, 0) is 0 Å². The number of nitrogens with one attached hydrogen (secondary N) is 1. The van der Waals surface area contributed by atoms with Gasteiger partial charge in [0.2, 0.25) is 0 Å². The molecule has 1 aromatic carbocycles. The molecule has 1 amide bonds. The minimum atomic E-state index is -0.132. The molecule has 5 N–H and O–H groups in total. The number of hydrogen-bond donors (Lipinski definition) is 3. The molecule has 0 radical (unpaired) electrons. The Hall–Kier alpha value is -1.75. The van der Waals surface area contributed by atoms with Gasteiger partial charge in [-0.25, -0.2) is 0 Å². The van der Waals surface area contributed by atoms with Crippen molar-refractivity contribution in [2.45, 2.75) is 32.2 Å². The van der Waals surface area contributed by atoms with Crippen LogP contribution in [0.5, 0.6) is 0 Å². The average Bonchev–Trinajstić information content (AvgIpc) is 2.39. The van der Waals surface area contributed by atoms with E-state index in [0.29, 0.717) is 16.9 Å². The highest BCUT2D eigenvalue weighted by Gasteiger charge is 2.16. The lowest BCUT2D eigenvalue weighted by Gasteiger charge is -2.29. The summed E-state index contributed by atoms with van der Waals surface area (Å²) in [6.45, 7) is 5.18. The van der Waals surface area contributed by atoms with Crippen LogP contribution in [0.3, 0.4) is 0 Å². The second-order valence-corrected chi connectivity index (χ2v) is 5.58. The average molecular weight is 276 g/mol. The third-order valence-electron chi connectivity index (χ3n) is 3.68. The molecule has 1 aromatic rings. The molecule has 1 atom stereocenters. The van der Waals surface area contributed by atoms with Crippen LogP contribution in [-0.4, -0.2) is 36.5 Å². The van der Waals surface area contributed by atoms with E-state index in [0.717, 1.165) is 19.6 Å². The molecule has 5 heteroatoms. The van der Waals surface area contributed by atoms with Gasteiger partial charge in [-0.05, 0) is 51.1 Å². The predicted molar refractivity (Wildman–Crippen MR) is 82.5 cm³/mol. The molecular formula is C15H24N4O. The van der Waals surface area contributed by atoms with Crippen molar-refractivity contribution in [2.75, 3.05) is 31.1 Å². The summed E-state index contributed by atoms with van der Waals surface area (Å²) in [4.78, 5) is 14.6. The summed E-state index contributed by atoms with van der Waals surface area (Å²) in [6.07, 6.45) is 3.83. The van der Waals surface area contributed by atoms with Gasteiger partial charge in [0.15, 0.2) is 0 Å². The van der Waals surface area contributed by atoms with Crippen molar-refractivity contribution in [1.29, 1.82) is 0 Å². The summed E-state index contributed by atoms with van der Waals surface area (Å²) >= 11 is 0. The van der Waals surface area contributed by atoms with Gasteiger partial charge in [0, 0.05) is 24.0 Å². The van der Waals surface area contributed by atoms with Gasteiger partial charge in [0.1, 0.15) is 0 Å². The van der Waals surface area contributed by atoms with Crippen molar-refractivity contribution < 1.29 is 4.79 Å². The number of likely N-dealkylation sites (tertiary alicyclic amines) is 1. The lowest BCUT2D eigenvalue weighted by Crippen LogP contribution is -2.43. The number of carbonyl (C=O) groups is 1. The van der Waals surface area contributed by atoms with Gasteiger partial charge in [-0.15, -0.1) is 0 Å². The summed E-state index contributed by atoms with van der Waals surface area (Å²) in [5.41, 5.74) is 12.9. The van der Waals surface area contributed by atoms with E-state index in [-0.39, 0.29) is 11.9 Å². The van der Waals surface area contributed by atoms with Crippen molar-refractivity contribution in [2.24, 2.45) is 0 Å². The van der Waals surface area contributed by atoms with Gasteiger partial charge >= 0.3 is 0 Å². The Kier molecular flexibility index (Phi) is 4.84. The molecule has 0 bridgehead atoms. The number of rotatable bonds is 4. The Morgan fingerprint density at radius 3 is 2.65 bits per heavy atom. The van der Waals surface area contributed by atoms with Crippen molar-refractivity contribution in [3.05, 3.63) is 23.8 Å². The number of piperidine rings is 1. The van der Waals surface area contributed by atoms with E-state index in [2.05, 4.69) is 10.2 Å². The maximum atomic E-state index is 12.2. The van der Waals surface area contributed by atoms with E-state index in [9.17, 15) is 4.79 Å². The van der Waals surface area contributed by atoms with Crippen molar-refractivity contribution in [3.8, 4) is 0 Å². The first-order valence-corrected chi connectivity index (χ1v) is 7.24. The Labute approximate surface area is 120 Å². The molecule has 20 heavy (non-hydrogen) atoms. The highest BCUT2D eigenvalue weighted by molar-refractivity contribution is 5.99. The van der Waals surface area contributed by atoms with E-state index in [4.69, 9.17) is 11.5 Å². The van der Waals surface area contributed by atoms with Crippen LogP contribution in [0.2, 0.25) is 0 Å². The van der Waals surface area contributed by atoms with E-state index >= 15 is 0 Å². The largest absolute Gasteiger partial charge is 0.399 e. The van der Waals surface area contributed by atoms with Crippen LogP contribution in [0.4, 0.5) is 11.4 Å². The van der Waals surface area contributed by atoms with Crippen LogP contribution in [0.15, 0.2) is 18.2 Å². The number of carbonyl (C=O) groups excluding carboxylic acids is 1. The second-order valence-electron chi connectivity index (χ2n) is 5.58. The fraction of sp³-hybridized carbons (Fsp3) is 0.533. The zero-order chi connectivity index (χ0) is 14.5. The molecule has 5 nitrogen and oxygen atoms in total. The maximum absolute atomic E-state index is 12.2. The Bertz CT molecular complexity index is 469. The Morgan fingerprint density at radius 1 is 1.30 bits per heavy atom. The summed E-state index contributed by atoms with van der Waals surface area (Å²) in [6, 6.07) is 5.09. The topological polar surface area (TPSA) is 84.4 Å². The molecule has 2 rings (SSSR count). The molecule has 1 heterocycles. The van der Waals surface area contributed by atoms with Gasteiger partial charge in [-0.2, -0.15) is 0 Å². The van der Waals surface area contributed by atoms with Gasteiger partial charge in [-0.3, -0.25) is 4.79 Å². The minimum Gasteiger partial charge on any atom is -0.399 e. The van der Waals surface area contributed by atoms with Crippen LogP contribution >= 0.6 is 0 Å². The van der Waals surface area contributed by atoms with Crippen molar-refractivity contribution in [1.82, 2.24) is 10.2 Å². The van der Waals surface area contributed by atoms with E-state index < -0.39 is 0 Å². The normalized spacial score (nSPS) is 17.6. The SMILES string of the molecule is CC(CN1CCCCC1)NC(=O)c1ccc(N)cc1N. The predicted octanol–water partition coefficient (Wildman–Crippen LogP) is 1.46. The second kappa shape index (κ2) is 6.61. The zero-order valence-electron chi connectivity index (χ0n) is 12.1. The van der Waals surface area contributed by atoms with Crippen molar-refractivity contribution in [3.63, 3.8) is 0 Å². The first-order chi connectivity index (χ1) is 9.56. The number of nitrogens with zero attached hydrogens (tertiary/aromatic N) is 1. The third-order valence-corrected chi connectivity index (χ3v) is 3.68. The van der Waals surface area contributed by atoms with Crippen LogP contribution in [0.25, 0.3) is 0 Å². The van der Waals surface area contributed by atoms with Crippen LogP contribution in [0, 0.1) is 0 Å². The molecule has 0 saturated carbocycles. The molecule has 0 spiro atoms. The maximum Gasteiger partial charge on any atom is 0.253 e. The Balaban J connectivity index is 1.89. The highest BCUT2D eigenvalue weighted by atomic mass is 16.1. The first-order valence-electron chi connectivity index (χ1n) is 7.24. The molecular weight excluding hydrogens is 252 g/mol. The summed E-state index contributed by atoms with van der Waals surface area (Å²) in [5.74, 6) is -0.132. The number of hydrogen-bond acceptors (Lipinski definition) is 4.